The zero-order valence-corrected chi connectivity index (χ0v) is 15.0. The van der Waals surface area contributed by atoms with Crippen LogP contribution in [0.15, 0.2) is 67.0 Å². The SMILES string of the molecule is COC(=O)c1ccc(Nc2cncc(C(=O)Nc3ccccc3C)c2)cc1. The Bertz CT molecular complexity index is 968. The summed E-state index contributed by atoms with van der Waals surface area (Å²) in [6.45, 7) is 1.93. The zero-order valence-electron chi connectivity index (χ0n) is 15.0. The average Bonchev–Trinajstić information content (AvgIpc) is 2.70. The summed E-state index contributed by atoms with van der Waals surface area (Å²) in [4.78, 5) is 28.1. The van der Waals surface area contributed by atoms with Gasteiger partial charge in [-0.25, -0.2) is 4.79 Å². The number of nitrogens with one attached hydrogen (secondary N) is 2. The number of amides is 1. The first-order valence-corrected chi connectivity index (χ1v) is 8.34. The predicted molar refractivity (Wildman–Crippen MR) is 104 cm³/mol. The topological polar surface area (TPSA) is 80.3 Å². The van der Waals surface area contributed by atoms with Gasteiger partial charge in [-0.05, 0) is 48.9 Å². The summed E-state index contributed by atoms with van der Waals surface area (Å²) in [6.07, 6.45) is 3.14. The molecule has 3 rings (SSSR count). The molecule has 0 aliphatic rings. The number of benzene rings is 2. The number of hydrogen-bond donors (Lipinski definition) is 2. The first-order valence-electron chi connectivity index (χ1n) is 8.34. The molecule has 3 aromatic rings. The molecule has 0 saturated heterocycles. The summed E-state index contributed by atoms with van der Waals surface area (Å²) in [5.41, 5.74) is 4.08. The number of anilines is 3. The van der Waals surface area contributed by atoms with Crippen molar-refractivity contribution in [2.24, 2.45) is 0 Å². The molecule has 6 nitrogen and oxygen atoms in total. The quantitative estimate of drug-likeness (QED) is 0.667. The standard InChI is InChI=1S/C21H19N3O3/c1-14-5-3-4-6-19(14)24-20(25)16-11-18(13-22-12-16)23-17-9-7-15(8-10-17)21(26)27-2/h3-13,23H,1-2H3,(H,24,25). The van der Waals surface area contributed by atoms with Gasteiger partial charge in [-0.1, -0.05) is 18.2 Å². The minimum atomic E-state index is -0.391. The number of para-hydroxylation sites is 1. The Morgan fingerprint density at radius 1 is 0.926 bits per heavy atom. The molecule has 0 aliphatic carbocycles. The van der Waals surface area contributed by atoms with Gasteiger partial charge in [0.25, 0.3) is 5.91 Å². The maximum absolute atomic E-state index is 12.5. The zero-order chi connectivity index (χ0) is 19.2. The first kappa shape index (κ1) is 18.1. The molecule has 2 N–H and O–H groups in total. The van der Waals surface area contributed by atoms with E-state index in [1.165, 1.54) is 13.3 Å². The van der Waals surface area contributed by atoms with Crippen LogP contribution in [0.4, 0.5) is 17.1 Å². The predicted octanol–water partition coefficient (Wildman–Crippen LogP) is 4.17. The van der Waals surface area contributed by atoms with Crippen LogP contribution in [0, 0.1) is 6.92 Å². The van der Waals surface area contributed by atoms with Crippen molar-refractivity contribution in [1.29, 1.82) is 0 Å². The molecule has 0 radical (unpaired) electrons. The molecule has 0 saturated carbocycles. The largest absolute Gasteiger partial charge is 0.465 e. The number of carbonyl (C=O) groups excluding carboxylic acids is 2. The van der Waals surface area contributed by atoms with Gasteiger partial charge in [0, 0.05) is 17.6 Å². The molecule has 27 heavy (non-hydrogen) atoms. The number of aromatic nitrogens is 1. The molecular formula is C21H19N3O3. The van der Waals surface area contributed by atoms with Gasteiger partial charge in [0.1, 0.15) is 0 Å². The van der Waals surface area contributed by atoms with E-state index in [1.54, 1.807) is 36.5 Å². The second-order valence-corrected chi connectivity index (χ2v) is 5.93. The average molecular weight is 361 g/mol. The smallest absolute Gasteiger partial charge is 0.337 e. The van der Waals surface area contributed by atoms with E-state index < -0.39 is 5.97 Å². The molecule has 1 aromatic heterocycles. The maximum atomic E-state index is 12.5. The fourth-order valence-corrected chi connectivity index (χ4v) is 2.51. The molecule has 0 aliphatic heterocycles. The highest BCUT2D eigenvalue weighted by Crippen LogP contribution is 2.19. The van der Waals surface area contributed by atoms with Gasteiger partial charge >= 0.3 is 5.97 Å². The Labute approximate surface area is 157 Å². The molecule has 0 unspecified atom stereocenters. The third kappa shape index (κ3) is 4.49. The van der Waals surface area contributed by atoms with Gasteiger partial charge in [-0.2, -0.15) is 0 Å². The van der Waals surface area contributed by atoms with Gasteiger partial charge in [0.05, 0.1) is 30.1 Å². The molecule has 0 atom stereocenters. The van der Waals surface area contributed by atoms with Crippen LogP contribution in [-0.4, -0.2) is 24.0 Å². The van der Waals surface area contributed by atoms with E-state index in [0.29, 0.717) is 16.8 Å². The summed E-state index contributed by atoms with van der Waals surface area (Å²) < 4.78 is 4.68. The van der Waals surface area contributed by atoms with E-state index >= 15 is 0 Å². The van der Waals surface area contributed by atoms with Crippen LogP contribution in [-0.2, 0) is 4.74 Å². The molecule has 6 heteroatoms. The van der Waals surface area contributed by atoms with Gasteiger partial charge in [0.2, 0.25) is 0 Å². The fraction of sp³-hybridized carbons (Fsp3) is 0.0952. The van der Waals surface area contributed by atoms with Gasteiger partial charge in [-0.3, -0.25) is 9.78 Å². The van der Waals surface area contributed by atoms with E-state index in [9.17, 15) is 9.59 Å². The third-order valence-electron chi connectivity index (χ3n) is 3.99. The second-order valence-electron chi connectivity index (χ2n) is 5.93. The number of pyridine rings is 1. The highest BCUT2D eigenvalue weighted by molar-refractivity contribution is 6.05. The Kier molecular flexibility index (Phi) is 5.47. The number of nitrogens with zero attached hydrogens (tertiary/aromatic N) is 1. The summed E-state index contributed by atoms with van der Waals surface area (Å²) in [5, 5.41) is 6.05. The van der Waals surface area contributed by atoms with Crippen LogP contribution in [0.2, 0.25) is 0 Å². The van der Waals surface area contributed by atoms with Crippen molar-refractivity contribution >= 4 is 28.9 Å². The normalized spacial score (nSPS) is 10.1. The highest BCUT2D eigenvalue weighted by atomic mass is 16.5. The second kappa shape index (κ2) is 8.14. The Morgan fingerprint density at radius 3 is 2.37 bits per heavy atom. The van der Waals surface area contributed by atoms with E-state index in [-0.39, 0.29) is 5.91 Å². The van der Waals surface area contributed by atoms with Crippen molar-refractivity contribution in [3.05, 3.63) is 83.7 Å². The lowest BCUT2D eigenvalue weighted by atomic mass is 10.2. The van der Waals surface area contributed by atoms with Crippen molar-refractivity contribution in [3.8, 4) is 0 Å². The summed E-state index contributed by atoms with van der Waals surface area (Å²) >= 11 is 0. The van der Waals surface area contributed by atoms with E-state index in [1.807, 2.05) is 31.2 Å². The number of carbonyl (C=O) groups is 2. The molecule has 136 valence electrons. The minimum absolute atomic E-state index is 0.235. The van der Waals surface area contributed by atoms with Crippen LogP contribution in [0.25, 0.3) is 0 Å². The number of methoxy groups -OCH3 is 1. The number of esters is 1. The lowest BCUT2D eigenvalue weighted by molar-refractivity contribution is 0.0600. The van der Waals surface area contributed by atoms with Crippen molar-refractivity contribution < 1.29 is 14.3 Å². The lowest BCUT2D eigenvalue weighted by Gasteiger charge is -2.10. The van der Waals surface area contributed by atoms with Crippen molar-refractivity contribution in [2.45, 2.75) is 6.92 Å². The van der Waals surface area contributed by atoms with E-state index in [2.05, 4.69) is 20.4 Å². The fourth-order valence-electron chi connectivity index (χ4n) is 2.51. The molecule has 0 bridgehead atoms. The molecule has 0 spiro atoms. The summed E-state index contributed by atoms with van der Waals surface area (Å²) in [7, 11) is 1.34. The lowest BCUT2D eigenvalue weighted by Crippen LogP contribution is -2.13. The Balaban J connectivity index is 1.72. The molecule has 1 amide bonds. The van der Waals surface area contributed by atoms with Gasteiger partial charge < -0.3 is 15.4 Å². The van der Waals surface area contributed by atoms with E-state index in [0.717, 1.165) is 16.9 Å². The number of aryl methyl sites for hydroxylation is 1. The van der Waals surface area contributed by atoms with E-state index in [4.69, 9.17) is 0 Å². The monoisotopic (exact) mass is 361 g/mol. The number of hydrogen-bond acceptors (Lipinski definition) is 5. The Morgan fingerprint density at radius 2 is 1.67 bits per heavy atom. The van der Waals surface area contributed by atoms with Crippen LogP contribution in [0.3, 0.4) is 0 Å². The highest BCUT2D eigenvalue weighted by Gasteiger charge is 2.09. The summed E-state index contributed by atoms with van der Waals surface area (Å²) in [6, 6.07) is 16.1. The van der Waals surface area contributed by atoms with Crippen molar-refractivity contribution in [1.82, 2.24) is 4.98 Å². The molecule has 0 fully saturated rings. The first-order chi connectivity index (χ1) is 13.1. The maximum Gasteiger partial charge on any atom is 0.337 e. The van der Waals surface area contributed by atoms with Gasteiger partial charge in [0.15, 0.2) is 0 Å². The molecular weight excluding hydrogens is 342 g/mol. The van der Waals surface area contributed by atoms with Crippen molar-refractivity contribution in [3.63, 3.8) is 0 Å². The van der Waals surface area contributed by atoms with Crippen LogP contribution in [0.1, 0.15) is 26.3 Å². The van der Waals surface area contributed by atoms with Crippen molar-refractivity contribution in [2.75, 3.05) is 17.7 Å². The molecule has 2 aromatic carbocycles. The van der Waals surface area contributed by atoms with Crippen LogP contribution in [0.5, 0.6) is 0 Å². The molecule has 1 heterocycles. The third-order valence-corrected chi connectivity index (χ3v) is 3.99. The van der Waals surface area contributed by atoms with Gasteiger partial charge in [-0.15, -0.1) is 0 Å². The number of ether oxygens (including phenoxy) is 1. The number of rotatable bonds is 5. The van der Waals surface area contributed by atoms with Crippen LogP contribution < -0.4 is 10.6 Å². The van der Waals surface area contributed by atoms with Crippen LogP contribution >= 0.6 is 0 Å². The minimum Gasteiger partial charge on any atom is -0.465 e. The Hall–Kier alpha value is -3.67. The summed E-state index contributed by atoms with van der Waals surface area (Å²) in [5.74, 6) is -0.625.